The predicted octanol–water partition coefficient (Wildman–Crippen LogP) is 6.19. The Morgan fingerprint density at radius 3 is 2.53 bits per heavy atom. The summed E-state index contributed by atoms with van der Waals surface area (Å²) in [5.41, 5.74) is 0.985. The van der Waals surface area contributed by atoms with Gasteiger partial charge in [-0.05, 0) is 43.9 Å². The number of hydrogen-bond donors (Lipinski definition) is 2. The monoisotopic (exact) mass is 441 g/mol. The number of benzene rings is 2. The van der Waals surface area contributed by atoms with Crippen LogP contribution < -0.4 is 5.32 Å². The molecule has 0 unspecified atom stereocenters. The zero-order valence-corrected chi connectivity index (χ0v) is 16.9. The summed E-state index contributed by atoms with van der Waals surface area (Å²) < 4.78 is 55.0. The average Bonchev–Trinajstić information content (AvgIpc) is 3.02. The van der Waals surface area contributed by atoms with Crippen LogP contribution in [0.25, 0.3) is 22.3 Å². The van der Waals surface area contributed by atoms with E-state index in [2.05, 4.69) is 25.5 Å². The van der Waals surface area contributed by atoms with Crippen molar-refractivity contribution in [2.75, 3.05) is 5.32 Å². The van der Waals surface area contributed by atoms with Gasteiger partial charge in [0.1, 0.15) is 17.2 Å². The molecule has 32 heavy (non-hydrogen) atoms. The van der Waals surface area contributed by atoms with Gasteiger partial charge < -0.3 is 5.32 Å². The number of para-hydroxylation sites is 1. The van der Waals surface area contributed by atoms with Crippen LogP contribution in [0.1, 0.15) is 36.1 Å². The van der Waals surface area contributed by atoms with Crippen LogP contribution in [0.15, 0.2) is 42.5 Å². The first-order valence-corrected chi connectivity index (χ1v) is 10.4. The molecule has 2 aromatic carbocycles. The summed E-state index contributed by atoms with van der Waals surface area (Å²) in [5, 5.41) is 10.5. The molecular weight excluding hydrogens is 422 g/mol. The zero-order chi connectivity index (χ0) is 22.3. The zero-order valence-electron chi connectivity index (χ0n) is 16.9. The maximum absolute atomic E-state index is 14.1. The van der Waals surface area contributed by atoms with Crippen molar-refractivity contribution in [2.45, 2.75) is 38.3 Å². The van der Waals surface area contributed by atoms with Crippen LogP contribution in [0, 0.1) is 5.82 Å². The van der Waals surface area contributed by atoms with Gasteiger partial charge in [0.15, 0.2) is 11.6 Å². The summed E-state index contributed by atoms with van der Waals surface area (Å²) in [6.45, 7) is 0. The number of aromatic nitrogens is 4. The highest BCUT2D eigenvalue weighted by atomic mass is 19.4. The normalized spacial score (nSPS) is 14.2. The van der Waals surface area contributed by atoms with E-state index in [9.17, 15) is 17.6 Å². The molecule has 0 saturated heterocycles. The van der Waals surface area contributed by atoms with Gasteiger partial charge in [-0.3, -0.25) is 5.10 Å². The Labute approximate surface area is 180 Å². The summed E-state index contributed by atoms with van der Waals surface area (Å²) in [7, 11) is 0. The molecule has 4 aromatic rings. The highest BCUT2D eigenvalue weighted by Crippen LogP contribution is 2.38. The van der Waals surface area contributed by atoms with Gasteiger partial charge in [-0.1, -0.05) is 30.7 Å². The second-order valence-electron chi connectivity index (χ2n) is 7.78. The fraction of sp³-hybridized carbons (Fsp3) is 0.261. The Kier molecular flexibility index (Phi) is 5.03. The van der Waals surface area contributed by atoms with Gasteiger partial charge in [0.25, 0.3) is 0 Å². The van der Waals surface area contributed by atoms with Crippen molar-refractivity contribution in [3.63, 3.8) is 0 Å². The molecule has 0 atom stereocenters. The summed E-state index contributed by atoms with van der Waals surface area (Å²) >= 11 is 0. The number of hydrogen-bond acceptors (Lipinski definition) is 4. The molecule has 0 saturated carbocycles. The maximum Gasteiger partial charge on any atom is 0.417 e. The minimum atomic E-state index is -4.53. The van der Waals surface area contributed by atoms with Crippen molar-refractivity contribution in [3.8, 4) is 11.4 Å². The van der Waals surface area contributed by atoms with Crippen molar-refractivity contribution in [1.82, 2.24) is 20.2 Å². The number of aryl methyl sites for hydroxylation is 1. The number of fused-ring (bicyclic) bond motifs is 2. The first kappa shape index (κ1) is 20.4. The fourth-order valence-corrected chi connectivity index (χ4v) is 4.13. The lowest BCUT2D eigenvalue weighted by atomic mass is 10.0. The molecule has 0 amide bonds. The lowest BCUT2D eigenvalue weighted by molar-refractivity contribution is -0.137. The average molecular weight is 441 g/mol. The molecule has 0 radical (unpaired) electrons. The van der Waals surface area contributed by atoms with E-state index >= 15 is 0 Å². The Bertz CT molecular complexity index is 1300. The van der Waals surface area contributed by atoms with Crippen molar-refractivity contribution in [1.29, 1.82) is 0 Å². The number of anilines is 2. The molecule has 5 rings (SSSR count). The van der Waals surface area contributed by atoms with Crippen LogP contribution in [0.2, 0.25) is 0 Å². The van der Waals surface area contributed by atoms with E-state index in [1.54, 1.807) is 12.1 Å². The molecule has 0 spiro atoms. The number of nitrogens with one attached hydrogen (secondary N) is 2. The maximum atomic E-state index is 14.1. The molecule has 0 bridgehead atoms. The van der Waals surface area contributed by atoms with E-state index in [1.807, 2.05) is 0 Å². The standard InChI is InChI=1S/C23H19F4N5/c24-17-11-6-9-15-19(17)31-32-22(15)30-21-14-8-2-1-3-12-18(14)28-20(29-21)13-7-4-5-10-16(13)23(25,26)27/h4-7,9-11H,1-3,8,12H2,(H2,28,29,30,31,32). The van der Waals surface area contributed by atoms with Gasteiger partial charge in [-0.2, -0.15) is 18.3 Å². The lowest BCUT2D eigenvalue weighted by Gasteiger charge is -2.16. The SMILES string of the molecule is Fc1cccc2c(Nc3nc(-c4ccccc4C(F)(F)F)nc4c3CCCCC4)n[nH]c12. The topological polar surface area (TPSA) is 66.5 Å². The number of nitrogens with zero attached hydrogens (tertiary/aromatic N) is 3. The molecule has 5 nitrogen and oxygen atoms in total. The van der Waals surface area contributed by atoms with E-state index < -0.39 is 17.6 Å². The summed E-state index contributed by atoms with van der Waals surface area (Å²) in [6.07, 6.45) is -0.337. The third-order valence-corrected chi connectivity index (χ3v) is 5.69. The minimum absolute atomic E-state index is 0.00657. The van der Waals surface area contributed by atoms with Gasteiger partial charge in [-0.25, -0.2) is 14.4 Å². The summed E-state index contributed by atoms with van der Waals surface area (Å²) in [4.78, 5) is 9.05. The fourth-order valence-electron chi connectivity index (χ4n) is 4.13. The van der Waals surface area contributed by atoms with E-state index in [0.29, 0.717) is 29.9 Å². The van der Waals surface area contributed by atoms with Crippen molar-refractivity contribution in [3.05, 3.63) is 65.1 Å². The second-order valence-corrected chi connectivity index (χ2v) is 7.78. The molecule has 0 fully saturated rings. The van der Waals surface area contributed by atoms with Crippen molar-refractivity contribution in [2.24, 2.45) is 0 Å². The molecule has 164 valence electrons. The Morgan fingerprint density at radius 2 is 1.69 bits per heavy atom. The van der Waals surface area contributed by atoms with Gasteiger partial charge in [-0.15, -0.1) is 0 Å². The van der Waals surface area contributed by atoms with Crippen LogP contribution in [0.3, 0.4) is 0 Å². The molecule has 2 heterocycles. The van der Waals surface area contributed by atoms with Crippen LogP contribution >= 0.6 is 0 Å². The molecule has 9 heteroatoms. The van der Waals surface area contributed by atoms with Crippen molar-refractivity contribution >= 4 is 22.5 Å². The summed E-state index contributed by atoms with van der Waals surface area (Å²) in [6, 6.07) is 9.91. The molecule has 0 aliphatic heterocycles. The van der Waals surface area contributed by atoms with Gasteiger partial charge in [0.2, 0.25) is 0 Å². The predicted molar refractivity (Wildman–Crippen MR) is 113 cm³/mol. The third-order valence-electron chi connectivity index (χ3n) is 5.69. The van der Waals surface area contributed by atoms with Crippen LogP contribution in [0.5, 0.6) is 0 Å². The van der Waals surface area contributed by atoms with Gasteiger partial charge in [0, 0.05) is 22.2 Å². The Morgan fingerprint density at radius 1 is 0.875 bits per heavy atom. The first-order chi connectivity index (χ1) is 15.4. The number of rotatable bonds is 3. The quantitative estimate of drug-likeness (QED) is 0.294. The molecule has 2 N–H and O–H groups in total. The number of aromatic amines is 1. The second kappa shape index (κ2) is 7.89. The third kappa shape index (κ3) is 3.68. The van der Waals surface area contributed by atoms with Crippen LogP contribution in [-0.2, 0) is 19.0 Å². The van der Waals surface area contributed by atoms with E-state index in [-0.39, 0.29) is 16.9 Å². The van der Waals surface area contributed by atoms with Gasteiger partial charge >= 0.3 is 6.18 Å². The molecular formula is C23H19F4N5. The Hall–Kier alpha value is -3.49. The number of H-pyrrole nitrogens is 1. The first-order valence-electron chi connectivity index (χ1n) is 10.4. The van der Waals surface area contributed by atoms with Crippen molar-refractivity contribution < 1.29 is 17.6 Å². The largest absolute Gasteiger partial charge is 0.417 e. The van der Waals surface area contributed by atoms with Gasteiger partial charge in [0.05, 0.1) is 5.56 Å². The molecule has 1 aliphatic carbocycles. The summed E-state index contributed by atoms with van der Waals surface area (Å²) in [5.74, 6) is 0.331. The lowest BCUT2D eigenvalue weighted by Crippen LogP contribution is -2.11. The van der Waals surface area contributed by atoms with E-state index in [0.717, 1.165) is 36.6 Å². The number of alkyl halides is 3. The molecule has 2 aromatic heterocycles. The highest BCUT2D eigenvalue weighted by molar-refractivity contribution is 5.91. The van der Waals surface area contributed by atoms with Crippen LogP contribution in [-0.4, -0.2) is 20.2 Å². The van der Waals surface area contributed by atoms with E-state index in [4.69, 9.17) is 0 Å². The minimum Gasteiger partial charge on any atom is -0.323 e. The Balaban J connectivity index is 1.67. The smallest absolute Gasteiger partial charge is 0.323 e. The van der Waals surface area contributed by atoms with Crippen LogP contribution in [0.4, 0.5) is 29.2 Å². The molecule has 1 aliphatic rings. The highest BCUT2D eigenvalue weighted by Gasteiger charge is 2.34. The van der Waals surface area contributed by atoms with E-state index in [1.165, 1.54) is 24.3 Å². The number of halogens is 4.